The number of H-pyrrole nitrogens is 1. The van der Waals surface area contributed by atoms with Crippen LogP contribution in [0, 0.1) is 4.77 Å². The van der Waals surface area contributed by atoms with Crippen LogP contribution in [-0.2, 0) is 25.2 Å². The summed E-state index contributed by atoms with van der Waals surface area (Å²) in [4.78, 5) is 38.8. The fourth-order valence-electron chi connectivity index (χ4n) is 3.33. The Morgan fingerprint density at radius 2 is 1.86 bits per heavy atom. The minimum Gasteiger partial charge on any atom is -0.309 e. The predicted octanol–water partition coefficient (Wildman–Crippen LogP) is 1.39. The van der Waals surface area contributed by atoms with Crippen molar-refractivity contribution in [1.82, 2.24) is 24.5 Å². The molecule has 0 radical (unpaired) electrons. The Bertz CT molecular complexity index is 1580. The van der Waals surface area contributed by atoms with Gasteiger partial charge in [0.25, 0.3) is 21.5 Å². The number of hydrogen-bond donors (Lipinski definition) is 4. The number of nitrogens with zero attached hydrogens (tertiary/aromatic N) is 3. The van der Waals surface area contributed by atoms with Crippen LogP contribution in [0.3, 0.4) is 0 Å². The monoisotopic (exact) mass is 547 g/mol. The maximum atomic E-state index is 14.5. The van der Waals surface area contributed by atoms with E-state index in [0.29, 0.717) is 0 Å². The number of amides is 2. The van der Waals surface area contributed by atoms with Gasteiger partial charge in [0, 0.05) is 12.6 Å². The molecule has 2 amide bonds. The highest BCUT2D eigenvalue weighted by atomic mass is 32.2. The number of aromatic amines is 1. The third kappa shape index (κ3) is 4.03. The summed E-state index contributed by atoms with van der Waals surface area (Å²) < 4.78 is 70.3. The number of carbonyl (C=O) groups is 2. The van der Waals surface area contributed by atoms with Crippen molar-refractivity contribution in [2.75, 3.05) is 10.6 Å². The van der Waals surface area contributed by atoms with E-state index in [9.17, 15) is 36.0 Å². The predicted molar refractivity (Wildman–Crippen MR) is 118 cm³/mol. The van der Waals surface area contributed by atoms with Crippen molar-refractivity contribution in [2.45, 2.75) is 23.0 Å². The van der Waals surface area contributed by atoms with E-state index in [2.05, 4.69) is 20.5 Å². The fourth-order valence-corrected chi connectivity index (χ4v) is 5.89. The minimum atomic E-state index is -5.63. The average Bonchev–Trinajstić information content (AvgIpc) is 3.32. The van der Waals surface area contributed by atoms with Crippen LogP contribution in [0.5, 0.6) is 0 Å². The first kappa shape index (κ1) is 24.6. The van der Waals surface area contributed by atoms with E-state index in [1.807, 2.05) is 5.32 Å². The smallest absolute Gasteiger partial charge is 0.309 e. The van der Waals surface area contributed by atoms with Gasteiger partial charge in [-0.05, 0) is 24.4 Å². The lowest BCUT2D eigenvalue weighted by atomic mass is 9.93. The highest BCUT2D eigenvalue weighted by Gasteiger charge is 2.69. The number of fused-ring (bicyclic) bond motifs is 1. The van der Waals surface area contributed by atoms with Gasteiger partial charge in [-0.2, -0.15) is 17.9 Å². The number of anilines is 2. The third-order valence-electron chi connectivity index (χ3n) is 4.70. The lowest BCUT2D eigenvalue weighted by molar-refractivity contribution is -0.194. The summed E-state index contributed by atoms with van der Waals surface area (Å²) >= 11 is 5.32. The lowest BCUT2D eigenvalue weighted by Crippen LogP contribution is -2.61. The summed E-state index contributed by atoms with van der Waals surface area (Å²) in [5.41, 5.74) is -6.54. The zero-order valence-corrected chi connectivity index (χ0v) is 19.6. The standard InChI is InChI=1S/C17H12F3N7O5S3/c1-7(28)21-13-24-25-15(34-13)35(31,32)26-16(17(18,19)20)9-10(22-12(16)30)27(14(33)23-11(9)29)8-5-3-2-4-6-8/h2-6,26H,1H3,(H,22,30)(H,21,24,28)(H,23,29,33). The van der Waals surface area contributed by atoms with Gasteiger partial charge in [-0.1, -0.05) is 29.5 Å². The molecule has 4 N–H and O–H groups in total. The zero-order chi connectivity index (χ0) is 25.8. The number of halogens is 3. The first-order valence-corrected chi connectivity index (χ1v) is 12.0. The van der Waals surface area contributed by atoms with Crippen LogP contribution in [0.25, 0.3) is 5.69 Å². The summed E-state index contributed by atoms with van der Waals surface area (Å²) in [6.45, 7) is 1.09. The molecule has 12 nitrogen and oxygen atoms in total. The largest absolute Gasteiger partial charge is 0.421 e. The van der Waals surface area contributed by atoms with Gasteiger partial charge >= 0.3 is 6.18 Å². The van der Waals surface area contributed by atoms with E-state index < -0.39 is 54.8 Å². The highest BCUT2D eigenvalue weighted by Crippen LogP contribution is 2.46. The van der Waals surface area contributed by atoms with Gasteiger partial charge in [-0.3, -0.25) is 23.9 Å². The maximum Gasteiger partial charge on any atom is 0.421 e. The summed E-state index contributed by atoms with van der Waals surface area (Å²) in [6.07, 6.45) is -5.63. The van der Waals surface area contributed by atoms with Crippen molar-refractivity contribution in [3.8, 4) is 5.69 Å². The molecule has 184 valence electrons. The molecule has 3 aromatic rings. The van der Waals surface area contributed by atoms with Gasteiger partial charge in [0.05, 0.1) is 5.56 Å². The summed E-state index contributed by atoms with van der Waals surface area (Å²) in [5, 5.41) is 10.4. The van der Waals surface area contributed by atoms with E-state index in [0.717, 1.165) is 11.5 Å². The molecule has 1 atom stereocenters. The molecule has 4 rings (SSSR count). The van der Waals surface area contributed by atoms with Gasteiger partial charge in [0.1, 0.15) is 5.82 Å². The second-order valence-corrected chi connectivity index (χ2v) is 10.2. The van der Waals surface area contributed by atoms with Crippen molar-refractivity contribution < 1.29 is 31.2 Å². The van der Waals surface area contributed by atoms with E-state index in [1.165, 1.54) is 29.0 Å². The maximum absolute atomic E-state index is 14.5. The lowest BCUT2D eigenvalue weighted by Gasteiger charge is -2.29. The molecule has 1 unspecified atom stereocenters. The molecule has 35 heavy (non-hydrogen) atoms. The molecule has 0 fully saturated rings. The van der Waals surface area contributed by atoms with E-state index >= 15 is 0 Å². The highest BCUT2D eigenvalue weighted by molar-refractivity contribution is 7.91. The van der Waals surface area contributed by atoms with Crippen molar-refractivity contribution in [2.24, 2.45) is 0 Å². The SMILES string of the molecule is CC(=O)Nc1nnc(S(=O)(=O)NC2(C(F)(F)F)C(=O)Nc3c2c(=O)[nH]c(=S)n3-c2ccccc2)s1. The number of carbonyl (C=O) groups excluding carboxylic acids is 2. The van der Waals surface area contributed by atoms with Gasteiger partial charge in [0.2, 0.25) is 20.9 Å². The molecule has 2 aromatic heterocycles. The van der Waals surface area contributed by atoms with Gasteiger partial charge in [0.15, 0.2) is 4.77 Å². The Hall–Kier alpha value is -3.48. The molecular weight excluding hydrogens is 535 g/mol. The van der Waals surface area contributed by atoms with E-state index in [1.54, 1.807) is 6.07 Å². The molecule has 0 saturated carbocycles. The fraction of sp³-hybridized carbons (Fsp3) is 0.176. The van der Waals surface area contributed by atoms with Crippen LogP contribution in [0.4, 0.5) is 24.1 Å². The Kier molecular flexibility index (Phi) is 5.86. The number of para-hydroxylation sites is 1. The topological polar surface area (TPSA) is 168 Å². The molecule has 3 heterocycles. The molecule has 0 spiro atoms. The summed E-state index contributed by atoms with van der Waals surface area (Å²) in [5.74, 6) is -3.18. The second kappa shape index (κ2) is 8.33. The molecular formula is C17H12F3N7O5S3. The number of sulfonamides is 1. The van der Waals surface area contributed by atoms with Crippen molar-refractivity contribution in [3.63, 3.8) is 0 Å². The molecule has 0 saturated heterocycles. The number of nitrogens with one attached hydrogen (secondary N) is 4. The Morgan fingerprint density at radius 1 is 1.20 bits per heavy atom. The van der Waals surface area contributed by atoms with Crippen LogP contribution in [0.2, 0.25) is 0 Å². The number of benzene rings is 1. The molecule has 1 aliphatic heterocycles. The van der Waals surface area contributed by atoms with Crippen molar-refractivity contribution in [1.29, 1.82) is 0 Å². The first-order chi connectivity index (χ1) is 16.3. The van der Waals surface area contributed by atoms with Crippen LogP contribution >= 0.6 is 23.6 Å². The first-order valence-electron chi connectivity index (χ1n) is 9.26. The minimum absolute atomic E-state index is 0.190. The van der Waals surface area contributed by atoms with Crippen molar-refractivity contribution in [3.05, 3.63) is 51.0 Å². The molecule has 1 aliphatic rings. The Labute approximate surface area is 202 Å². The van der Waals surface area contributed by atoms with Crippen LogP contribution in [0.15, 0.2) is 39.5 Å². The van der Waals surface area contributed by atoms with Crippen LogP contribution < -0.4 is 20.9 Å². The number of aromatic nitrogens is 4. The van der Waals surface area contributed by atoms with Crippen molar-refractivity contribution >= 4 is 56.3 Å². The Balaban J connectivity index is 1.95. The van der Waals surface area contributed by atoms with Crippen LogP contribution in [0.1, 0.15) is 12.5 Å². The summed E-state index contributed by atoms with van der Waals surface area (Å²) in [7, 11) is -5.21. The molecule has 18 heteroatoms. The third-order valence-corrected chi connectivity index (χ3v) is 7.65. The van der Waals surface area contributed by atoms with E-state index in [4.69, 9.17) is 12.2 Å². The number of hydrogen-bond acceptors (Lipinski definition) is 9. The zero-order valence-electron chi connectivity index (χ0n) is 17.1. The van der Waals surface area contributed by atoms with E-state index in [-0.39, 0.29) is 26.9 Å². The van der Waals surface area contributed by atoms with Crippen LogP contribution in [-0.4, -0.2) is 46.2 Å². The molecule has 0 bridgehead atoms. The second-order valence-electron chi connectivity index (χ2n) is 7.02. The van der Waals surface area contributed by atoms with Gasteiger partial charge < -0.3 is 10.6 Å². The average molecular weight is 548 g/mol. The quantitative estimate of drug-likeness (QED) is 0.275. The normalized spacial score (nSPS) is 17.7. The van der Waals surface area contributed by atoms with Gasteiger partial charge in [-0.25, -0.2) is 8.42 Å². The molecule has 0 aliphatic carbocycles. The number of rotatable bonds is 5. The number of alkyl halides is 3. The van der Waals surface area contributed by atoms with Gasteiger partial charge in [-0.15, -0.1) is 10.2 Å². The Morgan fingerprint density at radius 3 is 2.46 bits per heavy atom. The molecule has 1 aromatic carbocycles. The summed E-state index contributed by atoms with van der Waals surface area (Å²) in [6, 6.07) is 7.58.